The molecule has 7 nitrogen and oxygen atoms in total. The van der Waals surface area contributed by atoms with Crippen molar-refractivity contribution in [1.82, 2.24) is 0 Å². The highest BCUT2D eigenvalue weighted by Crippen LogP contribution is 2.22. The number of nitrogens with zero attached hydrogens (tertiary/aromatic N) is 1. The van der Waals surface area contributed by atoms with Gasteiger partial charge in [-0.25, -0.2) is 9.59 Å². The Morgan fingerprint density at radius 1 is 1.47 bits per heavy atom. The number of cyclic esters (lactones) is 1. The van der Waals surface area contributed by atoms with Crippen LogP contribution >= 0.6 is 11.6 Å². The maximum atomic E-state index is 11.4. The van der Waals surface area contributed by atoms with Crippen molar-refractivity contribution in [2.45, 2.75) is 6.10 Å². The summed E-state index contributed by atoms with van der Waals surface area (Å²) in [4.78, 5) is 21.6. The van der Waals surface area contributed by atoms with Crippen LogP contribution in [0.4, 0.5) is 15.3 Å². The van der Waals surface area contributed by atoms with Gasteiger partial charge in [0, 0.05) is 10.7 Å². The van der Waals surface area contributed by atoms with Crippen LogP contribution in [0.1, 0.15) is 0 Å². The predicted molar refractivity (Wildman–Crippen MR) is 68.4 cm³/mol. The van der Waals surface area contributed by atoms with Crippen LogP contribution < -0.4 is 10.6 Å². The van der Waals surface area contributed by atoms with Gasteiger partial charge in [0.05, 0.1) is 13.2 Å². The zero-order valence-electron chi connectivity index (χ0n) is 9.82. The van der Waals surface area contributed by atoms with Crippen LogP contribution in [0, 0.1) is 0 Å². The minimum atomic E-state index is -1.33. The number of carbonyl (C=O) groups excluding carboxylic acids is 1. The van der Waals surface area contributed by atoms with Crippen molar-refractivity contribution < 1.29 is 24.5 Å². The molecule has 0 radical (unpaired) electrons. The van der Waals surface area contributed by atoms with Crippen LogP contribution in [0.5, 0.6) is 0 Å². The Morgan fingerprint density at radius 3 is 2.42 bits per heavy atom. The van der Waals surface area contributed by atoms with E-state index in [-0.39, 0.29) is 6.61 Å². The normalized spacial score (nSPS) is 17.5. The Morgan fingerprint density at radius 2 is 2.00 bits per heavy atom. The van der Waals surface area contributed by atoms with Gasteiger partial charge in [0.15, 0.2) is 0 Å². The second-order valence-electron chi connectivity index (χ2n) is 3.61. The van der Waals surface area contributed by atoms with Gasteiger partial charge in [0.1, 0.15) is 6.10 Å². The molecule has 0 spiro atoms. The Balaban J connectivity index is 0.000000399. The smallest absolute Gasteiger partial charge is 0.414 e. The molecule has 0 bridgehead atoms. The molecule has 8 heteroatoms. The second-order valence-corrected chi connectivity index (χ2v) is 4.05. The van der Waals surface area contributed by atoms with Gasteiger partial charge in [0.25, 0.3) is 0 Å². The van der Waals surface area contributed by atoms with Gasteiger partial charge in [-0.05, 0) is 24.3 Å². The number of halogens is 1. The van der Waals surface area contributed by atoms with Crippen molar-refractivity contribution in [2.24, 2.45) is 5.73 Å². The maximum Gasteiger partial charge on any atom is 0.414 e. The van der Waals surface area contributed by atoms with Crippen LogP contribution in [0.25, 0.3) is 0 Å². The summed E-state index contributed by atoms with van der Waals surface area (Å²) in [5, 5.41) is 16.7. The lowest BCUT2D eigenvalue weighted by Gasteiger charge is -2.12. The number of anilines is 1. The van der Waals surface area contributed by atoms with Gasteiger partial charge in [-0.2, -0.15) is 0 Å². The molecule has 0 saturated carbocycles. The average molecular weight is 289 g/mol. The average Bonchev–Trinajstić information content (AvgIpc) is 2.71. The van der Waals surface area contributed by atoms with E-state index in [0.717, 1.165) is 5.69 Å². The fourth-order valence-electron chi connectivity index (χ4n) is 1.45. The number of primary amides is 1. The van der Waals surface area contributed by atoms with Crippen molar-refractivity contribution in [3.05, 3.63) is 29.3 Å². The SMILES string of the molecule is NC(=O)O.O=C1OC(CO)CN1c1ccc(Cl)cc1. The molecule has 19 heavy (non-hydrogen) atoms. The number of rotatable bonds is 2. The summed E-state index contributed by atoms with van der Waals surface area (Å²) in [5.41, 5.74) is 4.75. The molecule has 1 aromatic carbocycles. The minimum absolute atomic E-state index is 0.157. The molecule has 1 heterocycles. The van der Waals surface area contributed by atoms with E-state index >= 15 is 0 Å². The van der Waals surface area contributed by atoms with Gasteiger partial charge in [-0.3, -0.25) is 4.90 Å². The first-order valence-electron chi connectivity index (χ1n) is 5.27. The van der Waals surface area contributed by atoms with Crippen molar-refractivity contribution in [3.63, 3.8) is 0 Å². The van der Waals surface area contributed by atoms with Crippen LogP contribution in [-0.2, 0) is 4.74 Å². The van der Waals surface area contributed by atoms with E-state index in [4.69, 9.17) is 31.3 Å². The molecule has 2 rings (SSSR count). The largest absolute Gasteiger partial charge is 0.465 e. The molecule has 1 atom stereocenters. The van der Waals surface area contributed by atoms with Gasteiger partial charge in [0.2, 0.25) is 0 Å². The summed E-state index contributed by atoms with van der Waals surface area (Å²) >= 11 is 5.74. The van der Waals surface area contributed by atoms with Gasteiger partial charge in [-0.15, -0.1) is 0 Å². The molecule has 1 fully saturated rings. The fourth-order valence-corrected chi connectivity index (χ4v) is 1.57. The molecular weight excluding hydrogens is 276 g/mol. The number of benzene rings is 1. The Hall–Kier alpha value is -1.99. The summed E-state index contributed by atoms with van der Waals surface area (Å²) in [6, 6.07) is 6.89. The highest BCUT2D eigenvalue weighted by molar-refractivity contribution is 6.30. The van der Waals surface area contributed by atoms with E-state index in [0.29, 0.717) is 11.6 Å². The van der Waals surface area contributed by atoms with E-state index in [1.807, 2.05) is 0 Å². The summed E-state index contributed by atoms with van der Waals surface area (Å²) in [6.45, 7) is 0.215. The monoisotopic (exact) mass is 288 g/mol. The third-order valence-corrected chi connectivity index (χ3v) is 2.47. The minimum Gasteiger partial charge on any atom is -0.465 e. The van der Waals surface area contributed by atoms with E-state index in [1.54, 1.807) is 24.3 Å². The summed E-state index contributed by atoms with van der Waals surface area (Å²) in [7, 11) is 0. The number of aliphatic hydroxyl groups is 1. The number of amides is 2. The number of hydrogen-bond acceptors (Lipinski definition) is 4. The molecule has 1 saturated heterocycles. The highest BCUT2D eigenvalue weighted by atomic mass is 35.5. The molecular formula is C11H13ClN2O5. The van der Waals surface area contributed by atoms with Crippen molar-refractivity contribution in [1.29, 1.82) is 0 Å². The first-order chi connectivity index (χ1) is 8.93. The molecule has 4 N–H and O–H groups in total. The lowest BCUT2D eigenvalue weighted by Crippen LogP contribution is -2.25. The van der Waals surface area contributed by atoms with E-state index in [2.05, 4.69) is 5.73 Å². The van der Waals surface area contributed by atoms with Gasteiger partial charge >= 0.3 is 12.2 Å². The topological polar surface area (TPSA) is 113 Å². The molecule has 0 aliphatic carbocycles. The summed E-state index contributed by atoms with van der Waals surface area (Å²) in [5.74, 6) is 0. The van der Waals surface area contributed by atoms with E-state index in [9.17, 15) is 4.79 Å². The molecule has 1 aromatic rings. The van der Waals surface area contributed by atoms with Crippen molar-refractivity contribution in [2.75, 3.05) is 18.1 Å². The van der Waals surface area contributed by atoms with Crippen LogP contribution in [0.15, 0.2) is 24.3 Å². The van der Waals surface area contributed by atoms with Gasteiger partial charge < -0.3 is 20.7 Å². The zero-order chi connectivity index (χ0) is 14.4. The fraction of sp³-hybridized carbons (Fsp3) is 0.273. The van der Waals surface area contributed by atoms with Crippen LogP contribution in [0.2, 0.25) is 5.02 Å². The predicted octanol–water partition coefficient (Wildman–Crippen LogP) is 1.28. The van der Waals surface area contributed by atoms with Crippen LogP contribution in [0.3, 0.4) is 0 Å². The van der Waals surface area contributed by atoms with Crippen molar-refractivity contribution in [3.8, 4) is 0 Å². The quantitative estimate of drug-likeness (QED) is 0.758. The molecule has 104 valence electrons. The number of aliphatic hydroxyl groups excluding tert-OH is 1. The standard InChI is InChI=1S/C10H10ClNO3.CH3NO2/c11-7-1-3-8(4-2-7)12-5-9(6-13)15-10(12)14;2-1(3)4/h1-4,9,13H,5-6H2;2H2,(H,3,4). The number of hydrogen-bond donors (Lipinski definition) is 3. The number of ether oxygens (including phenoxy) is 1. The molecule has 1 aliphatic rings. The third-order valence-electron chi connectivity index (χ3n) is 2.22. The van der Waals surface area contributed by atoms with Crippen LogP contribution in [-0.4, -0.2) is 41.7 Å². The summed E-state index contributed by atoms with van der Waals surface area (Å²) in [6.07, 6.45) is -2.20. The first kappa shape index (κ1) is 15.1. The van der Waals surface area contributed by atoms with Gasteiger partial charge in [-0.1, -0.05) is 11.6 Å². The Labute approximate surface area is 114 Å². The zero-order valence-corrected chi connectivity index (χ0v) is 10.6. The third kappa shape index (κ3) is 4.65. The van der Waals surface area contributed by atoms with E-state index < -0.39 is 18.3 Å². The molecule has 0 aromatic heterocycles. The second kappa shape index (κ2) is 6.81. The molecule has 2 amide bonds. The molecule has 1 aliphatic heterocycles. The number of carboxylic acid groups (broad SMARTS) is 1. The lowest BCUT2D eigenvalue weighted by molar-refractivity contribution is 0.0963. The van der Waals surface area contributed by atoms with E-state index in [1.165, 1.54) is 4.90 Å². The maximum absolute atomic E-state index is 11.4. The number of nitrogens with two attached hydrogens (primary N) is 1. The van der Waals surface area contributed by atoms with Crippen molar-refractivity contribution >= 4 is 29.5 Å². The lowest BCUT2D eigenvalue weighted by atomic mass is 10.3. The highest BCUT2D eigenvalue weighted by Gasteiger charge is 2.31. The summed E-state index contributed by atoms with van der Waals surface area (Å²) < 4.78 is 4.91. The molecule has 1 unspecified atom stereocenters. The first-order valence-corrected chi connectivity index (χ1v) is 5.64. The Bertz CT molecular complexity index is 447. The Kier molecular flexibility index (Phi) is 5.40. The number of carbonyl (C=O) groups is 2.